The summed E-state index contributed by atoms with van der Waals surface area (Å²) in [5.74, 6) is 0.0628. The topological polar surface area (TPSA) is 99.8 Å². The fourth-order valence-corrected chi connectivity index (χ4v) is 2.63. The zero-order chi connectivity index (χ0) is 18.4. The summed E-state index contributed by atoms with van der Waals surface area (Å²) in [6.45, 7) is 1.53. The number of anilines is 1. The quantitative estimate of drug-likeness (QED) is 0.354. The zero-order valence-electron chi connectivity index (χ0n) is 14.7. The molecule has 0 spiro atoms. The van der Waals surface area contributed by atoms with E-state index in [0.717, 1.165) is 11.3 Å². The normalized spacial score (nSPS) is 14.1. The average molecular weight is 479 g/mol. The van der Waals surface area contributed by atoms with E-state index in [9.17, 15) is 9.59 Å². The van der Waals surface area contributed by atoms with Crippen molar-refractivity contribution in [1.82, 2.24) is 10.2 Å². The van der Waals surface area contributed by atoms with Crippen molar-refractivity contribution < 1.29 is 9.59 Å². The van der Waals surface area contributed by atoms with Gasteiger partial charge in [-0.05, 0) is 29.8 Å². The monoisotopic (exact) mass is 479 g/mol. The van der Waals surface area contributed by atoms with E-state index in [4.69, 9.17) is 5.73 Å². The highest BCUT2D eigenvalue weighted by molar-refractivity contribution is 14.0. The van der Waals surface area contributed by atoms with Gasteiger partial charge >= 0.3 is 0 Å². The van der Waals surface area contributed by atoms with Crippen molar-refractivity contribution in [3.8, 4) is 0 Å². The molecule has 27 heavy (non-hydrogen) atoms. The minimum atomic E-state index is -0.139. The van der Waals surface area contributed by atoms with E-state index in [1.54, 1.807) is 17.0 Å². The molecule has 4 N–H and O–H groups in total. The molecule has 0 unspecified atom stereocenters. The summed E-state index contributed by atoms with van der Waals surface area (Å²) in [4.78, 5) is 29.7. The second-order valence-electron chi connectivity index (χ2n) is 5.97. The van der Waals surface area contributed by atoms with Crippen LogP contribution in [0.4, 0.5) is 5.69 Å². The maximum Gasteiger partial charge on any atom is 0.254 e. The number of halogens is 1. The van der Waals surface area contributed by atoms with Gasteiger partial charge in [-0.3, -0.25) is 9.59 Å². The molecule has 0 radical (unpaired) electrons. The number of aliphatic imine (C=N–C) groups is 1. The van der Waals surface area contributed by atoms with Crippen molar-refractivity contribution in [2.24, 2.45) is 10.7 Å². The molecule has 1 heterocycles. The summed E-state index contributed by atoms with van der Waals surface area (Å²) in [5, 5.41) is 5.72. The Kier molecular flexibility index (Phi) is 7.59. The Morgan fingerprint density at radius 1 is 1.15 bits per heavy atom. The number of hydrogen-bond donors (Lipinski definition) is 3. The van der Waals surface area contributed by atoms with E-state index in [0.29, 0.717) is 31.2 Å². The van der Waals surface area contributed by atoms with E-state index in [1.165, 1.54) is 0 Å². The number of piperazine rings is 1. The van der Waals surface area contributed by atoms with Crippen LogP contribution in [0.15, 0.2) is 59.6 Å². The van der Waals surface area contributed by atoms with Crippen LogP contribution in [0.25, 0.3) is 0 Å². The molecular formula is C19H22IN5O2. The summed E-state index contributed by atoms with van der Waals surface area (Å²) < 4.78 is 0. The summed E-state index contributed by atoms with van der Waals surface area (Å²) in [5.41, 5.74) is 8.26. The predicted molar refractivity (Wildman–Crippen MR) is 116 cm³/mol. The second-order valence-corrected chi connectivity index (χ2v) is 5.97. The van der Waals surface area contributed by atoms with Gasteiger partial charge in [-0.25, -0.2) is 4.99 Å². The third-order valence-corrected chi connectivity index (χ3v) is 4.00. The van der Waals surface area contributed by atoms with Crippen LogP contribution < -0.4 is 16.4 Å². The maximum atomic E-state index is 12.4. The molecule has 8 heteroatoms. The Bertz CT molecular complexity index is 809. The number of nitrogens with one attached hydrogen (secondary N) is 2. The summed E-state index contributed by atoms with van der Waals surface area (Å²) in [7, 11) is 0. The van der Waals surface area contributed by atoms with Crippen LogP contribution in [0.5, 0.6) is 0 Å². The highest BCUT2D eigenvalue weighted by atomic mass is 127. The third kappa shape index (κ3) is 5.95. The number of benzene rings is 2. The van der Waals surface area contributed by atoms with Gasteiger partial charge in [0.15, 0.2) is 5.96 Å². The molecule has 1 fully saturated rings. The van der Waals surface area contributed by atoms with Crippen molar-refractivity contribution in [2.45, 2.75) is 6.54 Å². The molecule has 0 atom stereocenters. The van der Waals surface area contributed by atoms with Gasteiger partial charge in [-0.2, -0.15) is 0 Å². The molecule has 2 amide bonds. The first-order valence-electron chi connectivity index (χ1n) is 8.39. The van der Waals surface area contributed by atoms with Gasteiger partial charge in [-0.15, -0.1) is 24.0 Å². The predicted octanol–water partition coefficient (Wildman–Crippen LogP) is 1.80. The second kappa shape index (κ2) is 9.91. The van der Waals surface area contributed by atoms with Crippen LogP contribution in [0.1, 0.15) is 15.9 Å². The summed E-state index contributed by atoms with van der Waals surface area (Å²) in [6, 6.07) is 16.8. The lowest BCUT2D eigenvalue weighted by molar-refractivity contribution is -0.123. The first kappa shape index (κ1) is 20.7. The van der Waals surface area contributed by atoms with Crippen LogP contribution in [-0.4, -0.2) is 42.3 Å². The fraction of sp³-hybridized carbons (Fsp3) is 0.211. The van der Waals surface area contributed by atoms with E-state index in [1.807, 2.05) is 42.5 Å². The van der Waals surface area contributed by atoms with Crippen LogP contribution in [-0.2, 0) is 11.3 Å². The number of para-hydroxylation sites is 1. The van der Waals surface area contributed by atoms with Gasteiger partial charge in [0.2, 0.25) is 5.91 Å². The molecule has 0 saturated carbocycles. The van der Waals surface area contributed by atoms with E-state index in [-0.39, 0.29) is 42.3 Å². The molecule has 2 aromatic carbocycles. The Morgan fingerprint density at radius 2 is 1.85 bits per heavy atom. The minimum absolute atomic E-state index is 0. The first-order chi connectivity index (χ1) is 12.6. The molecule has 0 aromatic heterocycles. The standard InChI is InChI=1S/C19H21N5O2.HI/c20-19(23-16-4-2-1-3-5-16)22-12-14-6-8-15(9-7-14)18(26)24-11-10-21-17(25)13-24;/h1-9H,10-13H2,(H,21,25)(H3,20,22,23);1H. The van der Waals surface area contributed by atoms with Gasteiger partial charge < -0.3 is 21.3 Å². The lowest BCUT2D eigenvalue weighted by atomic mass is 10.1. The number of nitrogens with zero attached hydrogens (tertiary/aromatic N) is 2. The van der Waals surface area contributed by atoms with Crippen molar-refractivity contribution in [3.05, 3.63) is 65.7 Å². The molecule has 7 nitrogen and oxygen atoms in total. The number of carbonyl (C=O) groups is 2. The Morgan fingerprint density at radius 3 is 2.52 bits per heavy atom. The summed E-state index contributed by atoms with van der Waals surface area (Å²) in [6.07, 6.45) is 0. The smallest absolute Gasteiger partial charge is 0.254 e. The number of amides is 2. The number of nitrogens with two attached hydrogens (primary N) is 1. The Balaban J connectivity index is 0.00000261. The molecule has 3 rings (SSSR count). The first-order valence-corrected chi connectivity index (χ1v) is 8.39. The minimum Gasteiger partial charge on any atom is -0.370 e. The van der Waals surface area contributed by atoms with Gasteiger partial charge in [-0.1, -0.05) is 30.3 Å². The molecule has 0 aliphatic carbocycles. The van der Waals surface area contributed by atoms with Gasteiger partial charge in [0.25, 0.3) is 5.91 Å². The average Bonchev–Trinajstić information content (AvgIpc) is 2.67. The third-order valence-electron chi connectivity index (χ3n) is 4.00. The number of rotatable bonds is 4. The molecule has 142 valence electrons. The molecular weight excluding hydrogens is 457 g/mol. The molecule has 2 aromatic rings. The van der Waals surface area contributed by atoms with Gasteiger partial charge in [0.1, 0.15) is 0 Å². The maximum absolute atomic E-state index is 12.4. The lowest BCUT2D eigenvalue weighted by Gasteiger charge is -2.26. The molecule has 0 bridgehead atoms. The SMILES string of the molecule is I.NC(=NCc1ccc(C(=O)N2CCNC(=O)C2)cc1)Nc1ccccc1. The number of carbonyl (C=O) groups excluding carboxylic acids is 2. The van der Waals surface area contributed by atoms with E-state index < -0.39 is 0 Å². The van der Waals surface area contributed by atoms with Crippen LogP contribution in [0.3, 0.4) is 0 Å². The molecule has 1 aliphatic rings. The number of guanidine groups is 1. The highest BCUT2D eigenvalue weighted by Crippen LogP contribution is 2.10. The summed E-state index contributed by atoms with van der Waals surface area (Å²) >= 11 is 0. The van der Waals surface area contributed by atoms with Crippen molar-refractivity contribution >= 4 is 47.4 Å². The fourth-order valence-electron chi connectivity index (χ4n) is 2.63. The highest BCUT2D eigenvalue weighted by Gasteiger charge is 2.21. The molecule has 1 saturated heterocycles. The van der Waals surface area contributed by atoms with Gasteiger partial charge in [0.05, 0.1) is 13.1 Å². The largest absolute Gasteiger partial charge is 0.370 e. The van der Waals surface area contributed by atoms with Gasteiger partial charge in [0, 0.05) is 24.3 Å². The van der Waals surface area contributed by atoms with Crippen LogP contribution in [0.2, 0.25) is 0 Å². The Labute approximate surface area is 175 Å². The number of hydrogen-bond acceptors (Lipinski definition) is 3. The van der Waals surface area contributed by atoms with E-state index >= 15 is 0 Å². The Hall–Kier alpha value is -2.62. The molecule has 1 aliphatic heterocycles. The zero-order valence-corrected chi connectivity index (χ0v) is 17.1. The van der Waals surface area contributed by atoms with Crippen molar-refractivity contribution in [1.29, 1.82) is 0 Å². The van der Waals surface area contributed by atoms with Crippen molar-refractivity contribution in [2.75, 3.05) is 25.0 Å². The lowest BCUT2D eigenvalue weighted by Crippen LogP contribution is -2.49. The van der Waals surface area contributed by atoms with Crippen molar-refractivity contribution in [3.63, 3.8) is 0 Å². The van der Waals surface area contributed by atoms with Crippen LogP contribution in [0, 0.1) is 0 Å². The van der Waals surface area contributed by atoms with Crippen LogP contribution >= 0.6 is 24.0 Å². The van der Waals surface area contributed by atoms with E-state index in [2.05, 4.69) is 15.6 Å².